The van der Waals surface area contributed by atoms with E-state index in [0.717, 1.165) is 12.1 Å². The maximum Gasteiger partial charge on any atom is 0.130 e. The van der Waals surface area contributed by atoms with Crippen LogP contribution >= 0.6 is 0 Å². The minimum Gasteiger partial charge on any atom is -0.396 e. The summed E-state index contributed by atoms with van der Waals surface area (Å²) < 4.78 is 25.5. The third-order valence-electron chi connectivity index (χ3n) is 1.80. The highest BCUT2D eigenvalue weighted by Crippen LogP contribution is 2.18. The molecule has 0 amide bonds. The summed E-state index contributed by atoms with van der Waals surface area (Å²) >= 11 is 0. The molecule has 0 saturated carbocycles. The van der Waals surface area contributed by atoms with Gasteiger partial charge in [0.15, 0.2) is 0 Å². The molecule has 1 unspecified atom stereocenters. The van der Waals surface area contributed by atoms with Gasteiger partial charge < -0.3 is 10.8 Å². The summed E-state index contributed by atoms with van der Waals surface area (Å²) in [4.78, 5) is 0. The molecule has 0 fully saturated rings. The van der Waals surface area contributed by atoms with Crippen LogP contribution < -0.4 is 5.73 Å². The van der Waals surface area contributed by atoms with Gasteiger partial charge in [-0.1, -0.05) is 6.07 Å². The SMILES string of the molecule is NC(CCO)c1ccc(F)cc1F. The van der Waals surface area contributed by atoms with Crippen molar-refractivity contribution in [2.24, 2.45) is 5.73 Å². The van der Waals surface area contributed by atoms with E-state index in [4.69, 9.17) is 10.8 Å². The van der Waals surface area contributed by atoms with Gasteiger partial charge in [0.2, 0.25) is 0 Å². The van der Waals surface area contributed by atoms with Gasteiger partial charge >= 0.3 is 0 Å². The molecule has 0 radical (unpaired) electrons. The molecule has 2 nitrogen and oxygen atoms in total. The summed E-state index contributed by atoms with van der Waals surface area (Å²) in [6.45, 7) is -0.113. The van der Waals surface area contributed by atoms with Gasteiger partial charge in [-0.25, -0.2) is 8.78 Å². The summed E-state index contributed by atoms with van der Waals surface area (Å²) in [6.07, 6.45) is 0.266. The molecule has 0 aromatic heterocycles. The van der Waals surface area contributed by atoms with Gasteiger partial charge in [0.25, 0.3) is 0 Å². The molecule has 0 aliphatic carbocycles. The minimum absolute atomic E-state index is 0.113. The van der Waals surface area contributed by atoms with Gasteiger partial charge in [-0.05, 0) is 12.5 Å². The highest BCUT2D eigenvalue weighted by atomic mass is 19.1. The Kier molecular flexibility index (Phi) is 3.33. The first kappa shape index (κ1) is 10.1. The molecule has 4 heteroatoms. The number of benzene rings is 1. The molecule has 13 heavy (non-hydrogen) atoms. The average molecular weight is 187 g/mol. The molecule has 1 rings (SSSR count). The van der Waals surface area contributed by atoms with Crippen molar-refractivity contribution in [2.45, 2.75) is 12.5 Å². The van der Waals surface area contributed by atoms with Crippen LogP contribution in [0.4, 0.5) is 8.78 Å². The number of halogens is 2. The second-order valence-corrected chi connectivity index (χ2v) is 2.78. The van der Waals surface area contributed by atoms with E-state index in [0.29, 0.717) is 0 Å². The largest absolute Gasteiger partial charge is 0.396 e. The van der Waals surface area contributed by atoms with Gasteiger partial charge in [-0.3, -0.25) is 0 Å². The van der Waals surface area contributed by atoms with E-state index in [2.05, 4.69) is 0 Å². The monoisotopic (exact) mass is 187 g/mol. The molecule has 0 aliphatic heterocycles. The molecular weight excluding hydrogens is 176 g/mol. The van der Waals surface area contributed by atoms with Crippen molar-refractivity contribution in [2.75, 3.05) is 6.61 Å². The smallest absolute Gasteiger partial charge is 0.130 e. The van der Waals surface area contributed by atoms with Crippen molar-refractivity contribution >= 4 is 0 Å². The third-order valence-corrected chi connectivity index (χ3v) is 1.80. The second-order valence-electron chi connectivity index (χ2n) is 2.78. The number of rotatable bonds is 3. The lowest BCUT2D eigenvalue weighted by Gasteiger charge is -2.10. The molecule has 0 saturated heterocycles. The zero-order chi connectivity index (χ0) is 9.84. The van der Waals surface area contributed by atoms with Crippen molar-refractivity contribution in [1.29, 1.82) is 0 Å². The quantitative estimate of drug-likeness (QED) is 0.750. The Morgan fingerprint density at radius 2 is 2.08 bits per heavy atom. The number of nitrogens with two attached hydrogens (primary N) is 1. The topological polar surface area (TPSA) is 46.2 Å². The number of aliphatic hydroxyl groups is 1. The summed E-state index contributed by atoms with van der Waals surface area (Å²) in [7, 11) is 0. The summed E-state index contributed by atoms with van der Waals surface area (Å²) in [5.41, 5.74) is 5.77. The van der Waals surface area contributed by atoms with Crippen LogP contribution in [0.1, 0.15) is 18.0 Å². The lowest BCUT2D eigenvalue weighted by atomic mass is 10.0. The fourth-order valence-corrected chi connectivity index (χ4v) is 1.10. The summed E-state index contributed by atoms with van der Waals surface area (Å²) in [6, 6.07) is 2.65. The maximum atomic E-state index is 13.0. The van der Waals surface area contributed by atoms with Crippen LogP contribution in [-0.4, -0.2) is 11.7 Å². The molecule has 0 spiro atoms. The van der Waals surface area contributed by atoms with Crippen LogP contribution in [-0.2, 0) is 0 Å². The second kappa shape index (κ2) is 4.30. The minimum atomic E-state index is -0.666. The molecule has 3 N–H and O–H groups in total. The Labute approximate surface area is 75.0 Å². The van der Waals surface area contributed by atoms with Crippen LogP contribution in [0.2, 0.25) is 0 Å². The maximum absolute atomic E-state index is 13.0. The molecule has 0 bridgehead atoms. The zero-order valence-electron chi connectivity index (χ0n) is 7.00. The van der Waals surface area contributed by atoms with Crippen LogP contribution in [0.25, 0.3) is 0 Å². The van der Waals surface area contributed by atoms with Gasteiger partial charge in [0.1, 0.15) is 11.6 Å². The van der Waals surface area contributed by atoms with Crippen molar-refractivity contribution < 1.29 is 13.9 Å². The molecule has 1 atom stereocenters. The Morgan fingerprint density at radius 1 is 1.38 bits per heavy atom. The zero-order valence-corrected chi connectivity index (χ0v) is 7.00. The van der Waals surface area contributed by atoms with Crippen LogP contribution in [0.15, 0.2) is 18.2 Å². The highest BCUT2D eigenvalue weighted by molar-refractivity contribution is 5.21. The lowest BCUT2D eigenvalue weighted by molar-refractivity contribution is 0.275. The van der Waals surface area contributed by atoms with Crippen LogP contribution in [0.3, 0.4) is 0 Å². The van der Waals surface area contributed by atoms with Crippen molar-refractivity contribution in [1.82, 2.24) is 0 Å². The van der Waals surface area contributed by atoms with Crippen LogP contribution in [0.5, 0.6) is 0 Å². The van der Waals surface area contributed by atoms with E-state index in [1.807, 2.05) is 0 Å². The Morgan fingerprint density at radius 3 is 2.62 bits per heavy atom. The van der Waals surface area contributed by atoms with E-state index in [9.17, 15) is 8.78 Å². The van der Waals surface area contributed by atoms with Crippen molar-refractivity contribution in [3.8, 4) is 0 Å². The Hall–Kier alpha value is -1.00. The van der Waals surface area contributed by atoms with Gasteiger partial charge in [-0.2, -0.15) is 0 Å². The summed E-state index contributed by atoms with van der Waals surface area (Å²) in [5, 5.41) is 8.57. The molecule has 0 aliphatic rings. The van der Waals surface area contributed by atoms with Crippen LogP contribution in [0, 0.1) is 11.6 Å². The first-order valence-corrected chi connectivity index (χ1v) is 3.96. The fraction of sp³-hybridized carbons (Fsp3) is 0.333. The molecule has 72 valence electrons. The number of aliphatic hydroxyl groups excluding tert-OH is 1. The highest BCUT2D eigenvalue weighted by Gasteiger charge is 2.10. The van der Waals surface area contributed by atoms with E-state index in [1.165, 1.54) is 6.07 Å². The molecular formula is C9H11F2NO. The van der Waals surface area contributed by atoms with E-state index < -0.39 is 17.7 Å². The predicted octanol–water partition coefficient (Wildman–Crippen LogP) is 1.35. The summed E-state index contributed by atoms with van der Waals surface area (Å²) in [5.74, 6) is -1.29. The standard InChI is InChI=1S/C9H11F2NO/c10-6-1-2-7(8(11)5-6)9(12)3-4-13/h1-2,5,9,13H,3-4,12H2. The van der Waals surface area contributed by atoms with Crippen molar-refractivity contribution in [3.05, 3.63) is 35.4 Å². The van der Waals surface area contributed by atoms with Crippen molar-refractivity contribution in [3.63, 3.8) is 0 Å². The normalized spacial score (nSPS) is 12.9. The van der Waals surface area contributed by atoms with E-state index in [1.54, 1.807) is 0 Å². The van der Waals surface area contributed by atoms with Gasteiger partial charge in [0.05, 0.1) is 0 Å². The number of hydrogen-bond donors (Lipinski definition) is 2. The van der Waals surface area contributed by atoms with Gasteiger partial charge in [-0.15, -0.1) is 0 Å². The Bertz CT molecular complexity index is 291. The third kappa shape index (κ3) is 2.47. The van der Waals surface area contributed by atoms with E-state index >= 15 is 0 Å². The Balaban J connectivity index is 2.88. The average Bonchev–Trinajstić information content (AvgIpc) is 2.04. The van der Waals surface area contributed by atoms with Gasteiger partial charge in [0, 0.05) is 24.3 Å². The first-order chi connectivity index (χ1) is 6.15. The first-order valence-electron chi connectivity index (χ1n) is 3.96. The molecule has 1 aromatic carbocycles. The fourth-order valence-electron chi connectivity index (χ4n) is 1.10. The van der Waals surface area contributed by atoms with E-state index in [-0.39, 0.29) is 18.6 Å². The predicted molar refractivity (Wildman–Crippen MR) is 45.0 cm³/mol. The molecule has 1 aromatic rings. The number of hydrogen-bond acceptors (Lipinski definition) is 2. The molecule has 0 heterocycles. The lowest BCUT2D eigenvalue weighted by Crippen LogP contribution is -2.13.